The van der Waals surface area contributed by atoms with Crippen molar-refractivity contribution in [3.8, 4) is 11.5 Å². The van der Waals surface area contributed by atoms with E-state index in [2.05, 4.69) is 9.97 Å². The second-order valence-corrected chi connectivity index (χ2v) is 6.26. The van der Waals surface area contributed by atoms with Crippen LogP contribution in [0.25, 0.3) is 22.7 Å². The van der Waals surface area contributed by atoms with E-state index in [1.54, 1.807) is 42.7 Å². The number of ketones is 1. The van der Waals surface area contributed by atoms with E-state index in [0.29, 0.717) is 33.7 Å². The fraction of sp³-hybridized carbons (Fsp3) is 0.0870. The number of allylic oxidation sites excluding steroid dienone is 1. The van der Waals surface area contributed by atoms with Crippen molar-refractivity contribution in [2.75, 3.05) is 14.2 Å². The molecule has 2 aromatic heterocycles. The summed E-state index contributed by atoms with van der Waals surface area (Å²) in [5.41, 5.74) is 2.75. The van der Waals surface area contributed by atoms with Crippen LogP contribution in [-0.4, -0.2) is 30.0 Å². The summed E-state index contributed by atoms with van der Waals surface area (Å²) in [5.74, 6) is 1.01. The highest BCUT2D eigenvalue weighted by Gasteiger charge is 2.21. The second kappa shape index (κ2) is 7.98. The number of methoxy groups -OCH3 is 2. The summed E-state index contributed by atoms with van der Waals surface area (Å²) in [6.07, 6.45) is 5.05. The molecule has 0 saturated carbocycles. The Morgan fingerprint density at radius 1 is 1.00 bits per heavy atom. The zero-order valence-corrected chi connectivity index (χ0v) is 16.0. The summed E-state index contributed by atoms with van der Waals surface area (Å²) >= 11 is 0. The highest BCUT2D eigenvalue weighted by atomic mass is 16.5. The van der Waals surface area contributed by atoms with Gasteiger partial charge in [0.25, 0.3) is 0 Å². The summed E-state index contributed by atoms with van der Waals surface area (Å²) in [6.45, 7) is 0. The molecule has 0 aliphatic carbocycles. The zero-order valence-electron chi connectivity index (χ0n) is 16.0. The first-order valence-corrected chi connectivity index (χ1v) is 8.93. The number of nitrogens with zero attached hydrogens (tertiary/aromatic N) is 2. The molecule has 0 fully saturated rings. The lowest BCUT2D eigenvalue weighted by molar-refractivity contribution is 0.105. The minimum atomic E-state index is -0.266. The average molecular weight is 386 g/mol. The highest BCUT2D eigenvalue weighted by Crippen LogP contribution is 2.29. The Morgan fingerprint density at radius 2 is 1.76 bits per heavy atom. The molecule has 6 nitrogen and oxygen atoms in total. The van der Waals surface area contributed by atoms with E-state index in [1.807, 2.05) is 30.3 Å². The second-order valence-electron chi connectivity index (χ2n) is 6.26. The smallest absolute Gasteiger partial charge is 0.231 e. The van der Waals surface area contributed by atoms with Crippen LogP contribution in [0.1, 0.15) is 21.8 Å². The third kappa shape index (κ3) is 3.87. The van der Waals surface area contributed by atoms with Crippen LogP contribution in [0.5, 0.6) is 11.5 Å². The van der Waals surface area contributed by atoms with Crippen molar-refractivity contribution in [1.82, 2.24) is 9.97 Å². The maximum absolute atomic E-state index is 13.5. The van der Waals surface area contributed by atoms with Gasteiger partial charge >= 0.3 is 0 Å². The molecule has 0 saturated heterocycles. The van der Waals surface area contributed by atoms with Crippen LogP contribution in [0.15, 0.2) is 71.4 Å². The van der Waals surface area contributed by atoms with Crippen molar-refractivity contribution in [1.29, 1.82) is 0 Å². The van der Waals surface area contributed by atoms with E-state index in [4.69, 9.17) is 13.9 Å². The fourth-order valence-electron chi connectivity index (χ4n) is 2.93. The SMILES string of the molecule is COc1cc(OC)cc(C(=O)C(=Cc2cccnc2)c2nc3ccccc3o2)c1. The molecule has 4 aromatic rings. The van der Waals surface area contributed by atoms with Gasteiger partial charge in [-0.05, 0) is 42.0 Å². The number of fused-ring (bicyclic) bond motifs is 1. The Balaban J connectivity index is 1.86. The number of benzene rings is 2. The van der Waals surface area contributed by atoms with E-state index in [1.165, 1.54) is 14.2 Å². The van der Waals surface area contributed by atoms with E-state index in [-0.39, 0.29) is 11.7 Å². The predicted molar refractivity (Wildman–Crippen MR) is 110 cm³/mol. The summed E-state index contributed by atoms with van der Waals surface area (Å²) < 4.78 is 16.5. The molecule has 29 heavy (non-hydrogen) atoms. The third-order valence-electron chi connectivity index (χ3n) is 4.38. The van der Waals surface area contributed by atoms with Gasteiger partial charge in [-0.15, -0.1) is 0 Å². The number of hydrogen-bond acceptors (Lipinski definition) is 6. The molecule has 0 unspecified atom stereocenters. The minimum absolute atomic E-state index is 0.238. The molecule has 0 radical (unpaired) electrons. The number of carbonyl (C=O) groups excluding carboxylic acids is 1. The van der Waals surface area contributed by atoms with Crippen LogP contribution in [0.2, 0.25) is 0 Å². The molecule has 0 N–H and O–H groups in total. The van der Waals surface area contributed by atoms with Gasteiger partial charge in [0.2, 0.25) is 5.89 Å². The van der Waals surface area contributed by atoms with Crippen molar-refractivity contribution in [3.05, 3.63) is 84.0 Å². The number of carbonyl (C=O) groups is 1. The molecular formula is C23H18N2O4. The lowest BCUT2D eigenvalue weighted by Crippen LogP contribution is -2.04. The molecule has 144 valence electrons. The number of pyridine rings is 1. The Labute approximate surface area is 167 Å². The first-order valence-electron chi connectivity index (χ1n) is 8.93. The number of aromatic nitrogens is 2. The number of Topliss-reactive ketones (excluding diaryl/α,β-unsaturated/α-hetero) is 1. The number of rotatable bonds is 6. The fourth-order valence-corrected chi connectivity index (χ4v) is 2.93. The van der Waals surface area contributed by atoms with Crippen molar-refractivity contribution in [2.24, 2.45) is 0 Å². The largest absolute Gasteiger partial charge is 0.497 e. The van der Waals surface area contributed by atoms with Gasteiger partial charge in [0.1, 0.15) is 17.0 Å². The molecule has 4 rings (SSSR count). The molecule has 2 heterocycles. The summed E-state index contributed by atoms with van der Waals surface area (Å²) in [5, 5.41) is 0. The van der Waals surface area contributed by atoms with Gasteiger partial charge in [-0.2, -0.15) is 0 Å². The number of ether oxygens (including phenoxy) is 2. The Morgan fingerprint density at radius 3 is 2.41 bits per heavy atom. The first kappa shape index (κ1) is 18.4. The molecule has 0 aliphatic heterocycles. The summed E-state index contributed by atoms with van der Waals surface area (Å²) in [4.78, 5) is 22.1. The molecule has 6 heteroatoms. The predicted octanol–water partition coefficient (Wildman–Crippen LogP) is 4.66. The van der Waals surface area contributed by atoms with Crippen LogP contribution in [0.4, 0.5) is 0 Å². The normalized spacial score (nSPS) is 11.4. The summed E-state index contributed by atoms with van der Waals surface area (Å²) in [7, 11) is 3.08. The highest BCUT2D eigenvalue weighted by molar-refractivity contribution is 6.31. The molecule has 2 aromatic carbocycles. The van der Waals surface area contributed by atoms with Gasteiger partial charge in [0.15, 0.2) is 11.4 Å². The number of oxazole rings is 1. The molecular weight excluding hydrogens is 368 g/mol. The maximum atomic E-state index is 13.5. The molecule has 0 amide bonds. The minimum Gasteiger partial charge on any atom is -0.497 e. The Kier molecular flexibility index (Phi) is 5.07. The first-order chi connectivity index (χ1) is 14.2. The molecule has 0 bridgehead atoms. The Bertz CT molecular complexity index is 1140. The van der Waals surface area contributed by atoms with Crippen LogP contribution >= 0.6 is 0 Å². The van der Waals surface area contributed by atoms with Crippen LogP contribution in [0, 0.1) is 0 Å². The standard InChI is InChI=1S/C23H18N2O4/c1-27-17-11-16(12-18(13-17)28-2)22(26)19(10-15-6-5-9-24-14-15)23-25-20-7-3-4-8-21(20)29-23/h3-14H,1-2H3. The van der Waals surface area contributed by atoms with Gasteiger partial charge in [0, 0.05) is 24.0 Å². The van der Waals surface area contributed by atoms with Gasteiger partial charge in [-0.1, -0.05) is 18.2 Å². The molecule has 0 spiro atoms. The van der Waals surface area contributed by atoms with Gasteiger partial charge in [-0.25, -0.2) is 4.98 Å². The number of para-hydroxylation sites is 2. The molecule has 0 aliphatic rings. The van der Waals surface area contributed by atoms with Crippen molar-refractivity contribution >= 4 is 28.5 Å². The van der Waals surface area contributed by atoms with E-state index in [9.17, 15) is 4.79 Å². The molecule has 0 atom stereocenters. The quantitative estimate of drug-likeness (QED) is 0.354. The lowest BCUT2D eigenvalue weighted by Gasteiger charge is -2.09. The zero-order chi connectivity index (χ0) is 20.2. The van der Waals surface area contributed by atoms with Gasteiger partial charge in [-0.3, -0.25) is 9.78 Å². The van der Waals surface area contributed by atoms with Crippen LogP contribution in [-0.2, 0) is 0 Å². The van der Waals surface area contributed by atoms with Crippen molar-refractivity contribution in [2.45, 2.75) is 0 Å². The lowest BCUT2D eigenvalue weighted by atomic mass is 10.0. The van der Waals surface area contributed by atoms with Crippen molar-refractivity contribution < 1.29 is 18.7 Å². The van der Waals surface area contributed by atoms with E-state index >= 15 is 0 Å². The van der Waals surface area contributed by atoms with Gasteiger partial charge < -0.3 is 13.9 Å². The average Bonchev–Trinajstić information content (AvgIpc) is 3.21. The van der Waals surface area contributed by atoms with E-state index in [0.717, 1.165) is 5.56 Å². The van der Waals surface area contributed by atoms with Crippen LogP contribution in [0.3, 0.4) is 0 Å². The third-order valence-corrected chi connectivity index (χ3v) is 4.38. The van der Waals surface area contributed by atoms with Crippen LogP contribution < -0.4 is 9.47 Å². The van der Waals surface area contributed by atoms with Gasteiger partial charge in [0.05, 0.1) is 19.8 Å². The number of hydrogen-bond donors (Lipinski definition) is 0. The Hall–Kier alpha value is -3.93. The van der Waals surface area contributed by atoms with E-state index < -0.39 is 0 Å². The summed E-state index contributed by atoms with van der Waals surface area (Å²) in [6, 6.07) is 16.1. The maximum Gasteiger partial charge on any atom is 0.231 e. The monoisotopic (exact) mass is 386 g/mol. The topological polar surface area (TPSA) is 74.5 Å². The van der Waals surface area contributed by atoms with Crippen molar-refractivity contribution in [3.63, 3.8) is 0 Å².